The lowest BCUT2D eigenvalue weighted by Gasteiger charge is -2.14. The first kappa shape index (κ1) is 22.3. The van der Waals surface area contributed by atoms with Gasteiger partial charge in [0.05, 0.1) is 12.0 Å². The van der Waals surface area contributed by atoms with Crippen LogP contribution in [0.15, 0.2) is 66.1 Å². The molecule has 0 aliphatic rings. The third-order valence-corrected chi connectivity index (χ3v) is 6.51. The molecule has 0 amide bonds. The van der Waals surface area contributed by atoms with E-state index in [1.807, 2.05) is 13.8 Å². The van der Waals surface area contributed by atoms with Crippen LogP contribution in [0.4, 0.5) is 17.2 Å². The number of aromatic nitrogens is 4. The molecule has 4 rings (SSSR count). The molecule has 33 heavy (non-hydrogen) atoms. The minimum Gasteiger partial charge on any atom is -0.496 e. The second-order valence-electron chi connectivity index (χ2n) is 7.52. The number of benzene rings is 2. The van der Waals surface area contributed by atoms with Crippen LogP contribution in [0.5, 0.6) is 5.75 Å². The molecule has 0 bridgehead atoms. The molecule has 0 atom stereocenters. The molecule has 0 saturated carbocycles. The van der Waals surface area contributed by atoms with Crippen molar-refractivity contribution in [2.75, 3.05) is 17.1 Å². The van der Waals surface area contributed by atoms with E-state index in [2.05, 4.69) is 25.0 Å². The van der Waals surface area contributed by atoms with Crippen LogP contribution >= 0.6 is 0 Å². The van der Waals surface area contributed by atoms with Gasteiger partial charge in [-0.2, -0.15) is 0 Å². The number of hydrogen-bond donors (Lipinski definition) is 2. The predicted molar refractivity (Wildman–Crippen MR) is 127 cm³/mol. The number of aryl methyl sites for hydroxylation is 3. The zero-order valence-corrected chi connectivity index (χ0v) is 19.5. The van der Waals surface area contributed by atoms with Crippen molar-refractivity contribution < 1.29 is 13.2 Å². The normalized spacial score (nSPS) is 11.3. The molecule has 4 aromatic rings. The summed E-state index contributed by atoms with van der Waals surface area (Å²) in [6.45, 7) is 5.36. The number of sulfonamides is 1. The van der Waals surface area contributed by atoms with E-state index < -0.39 is 10.0 Å². The van der Waals surface area contributed by atoms with Gasteiger partial charge in [-0.1, -0.05) is 0 Å². The Morgan fingerprint density at radius 2 is 1.67 bits per heavy atom. The molecular formula is C23H24N6O3S. The number of nitrogens with zero attached hydrogens (tertiary/aromatic N) is 4. The molecule has 0 radical (unpaired) electrons. The van der Waals surface area contributed by atoms with E-state index in [1.165, 1.54) is 0 Å². The number of hydrogen-bond acceptors (Lipinski definition) is 7. The van der Waals surface area contributed by atoms with Crippen LogP contribution < -0.4 is 14.8 Å². The van der Waals surface area contributed by atoms with Crippen LogP contribution in [0, 0.1) is 20.8 Å². The SMILES string of the molecule is COc1cc(C)c(S(=O)(=O)Nc2ccc(Nc3cc(-n4ccnc4)nc(C)n3)cc2)cc1C. The minimum absolute atomic E-state index is 0.214. The van der Waals surface area contributed by atoms with Gasteiger partial charge in [-0.3, -0.25) is 9.29 Å². The summed E-state index contributed by atoms with van der Waals surface area (Å²) in [5.74, 6) is 2.57. The third-order valence-electron chi connectivity index (χ3n) is 4.98. The van der Waals surface area contributed by atoms with Gasteiger partial charge in [-0.05, 0) is 68.3 Å². The lowest BCUT2D eigenvalue weighted by Crippen LogP contribution is -2.14. The summed E-state index contributed by atoms with van der Waals surface area (Å²) in [5.41, 5.74) is 2.56. The van der Waals surface area contributed by atoms with Crippen molar-refractivity contribution in [2.24, 2.45) is 0 Å². The second-order valence-corrected chi connectivity index (χ2v) is 9.17. The summed E-state index contributed by atoms with van der Waals surface area (Å²) in [4.78, 5) is 13.1. The molecule has 10 heteroatoms. The summed E-state index contributed by atoms with van der Waals surface area (Å²) in [7, 11) is -2.19. The van der Waals surface area contributed by atoms with Crippen LogP contribution in [0.3, 0.4) is 0 Å². The maximum atomic E-state index is 12.9. The van der Waals surface area contributed by atoms with Crippen LogP contribution in [-0.4, -0.2) is 35.0 Å². The molecular weight excluding hydrogens is 440 g/mol. The Balaban J connectivity index is 1.52. The highest BCUT2D eigenvalue weighted by Crippen LogP contribution is 2.27. The lowest BCUT2D eigenvalue weighted by molar-refractivity contribution is 0.411. The zero-order chi connectivity index (χ0) is 23.6. The van der Waals surface area contributed by atoms with E-state index in [9.17, 15) is 8.42 Å². The van der Waals surface area contributed by atoms with Gasteiger partial charge in [-0.15, -0.1) is 0 Å². The number of nitrogens with one attached hydrogen (secondary N) is 2. The van der Waals surface area contributed by atoms with Crippen molar-refractivity contribution >= 4 is 27.2 Å². The predicted octanol–water partition coefficient (Wildman–Crippen LogP) is 4.14. The van der Waals surface area contributed by atoms with Crippen molar-refractivity contribution in [1.29, 1.82) is 0 Å². The van der Waals surface area contributed by atoms with Crippen LogP contribution in [0.25, 0.3) is 5.82 Å². The Bertz CT molecular complexity index is 1380. The highest BCUT2D eigenvalue weighted by Gasteiger charge is 2.19. The molecule has 0 unspecified atom stereocenters. The van der Waals surface area contributed by atoms with Crippen molar-refractivity contribution in [2.45, 2.75) is 25.7 Å². The fourth-order valence-corrected chi connectivity index (χ4v) is 4.77. The lowest BCUT2D eigenvalue weighted by atomic mass is 10.1. The first-order chi connectivity index (χ1) is 15.7. The van der Waals surface area contributed by atoms with Gasteiger partial charge < -0.3 is 10.1 Å². The third kappa shape index (κ3) is 4.96. The average molecular weight is 465 g/mol. The Hall–Kier alpha value is -3.92. The molecule has 2 aromatic heterocycles. The van der Waals surface area contributed by atoms with Crippen LogP contribution in [0.2, 0.25) is 0 Å². The van der Waals surface area contributed by atoms with Crippen LogP contribution in [0.1, 0.15) is 17.0 Å². The Morgan fingerprint density at radius 3 is 2.33 bits per heavy atom. The van der Waals surface area contributed by atoms with Gasteiger partial charge in [0.1, 0.15) is 29.5 Å². The summed E-state index contributed by atoms with van der Waals surface area (Å²) in [6, 6.07) is 12.1. The maximum Gasteiger partial charge on any atom is 0.262 e. The summed E-state index contributed by atoms with van der Waals surface area (Å²) < 4.78 is 35.6. The number of methoxy groups -OCH3 is 1. The molecule has 0 spiro atoms. The van der Waals surface area contributed by atoms with Crippen LogP contribution in [-0.2, 0) is 10.0 Å². The quantitative estimate of drug-likeness (QED) is 0.423. The van der Waals surface area contributed by atoms with E-state index in [0.717, 1.165) is 11.3 Å². The summed E-state index contributed by atoms with van der Waals surface area (Å²) in [5, 5.41) is 3.22. The fraction of sp³-hybridized carbons (Fsp3) is 0.174. The fourth-order valence-electron chi connectivity index (χ4n) is 3.40. The molecule has 0 saturated heterocycles. The topological polar surface area (TPSA) is 111 Å². The van der Waals surface area contributed by atoms with E-state index in [0.29, 0.717) is 34.5 Å². The first-order valence-corrected chi connectivity index (χ1v) is 11.6. The van der Waals surface area contributed by atoms with Crippen molar-refractivity contribution in [3.8, 4) is 11.6 Å². The minimum atomic E-state index is -3.75. The molecule has 0 aliphatic heterocycles. The average Bonchev–Trinajstić information content (AvgIpc) is 3.31. The van der Waals surface area contributed by atoms with Gasteiger partial charge in [0, 0.05) is 29.8 Å². The largest absolute Gasteiger partial charge is 0.496 e. The maximum absolute atomic E-state index is 12.9. The van der Waals surface area contributed by atoms with E-state index in [-0.39, 0.29) is 4.90 Å². The smallest absolute Gasteiger partial charge is 0.262 e. The summed E-state index contributed by atoms with van der Waals surface area (Å²) >= 11 is 0. The second kappa shape index (κ2) is 8.91. The Morgan fingerprint density at radius 1 is 0.939 bits per heavy atom. The number of rotatable bonds is 7. The number of imidazole rings is 1. The zero-order valence-electron chi connectivity index (χ0n) is 18.7. The summed E-state index contributed by atoms with van der Waals surface area (Å²) in [6.07, 6.45) is 5.15. The number of ether oxygens (including phenoxy) is 1. The van der Waals surface area contributed by atoms with Crippen molar-refractivity contribution in [3.05, 3.63) is 78.1 Å². The highest BCUT2D eigenvalue weighted by molar-refractivity contribution is 7.92. The molecule has 2 aromatic carbocycles. The van der Waals surface area contributed by atoms with E-state index in [1.54, 1.807) is 79.8 Å². The van der Waals surface area contributed by atoms with Crippen molar-refractivity contribution in [3.63, 3.8) is 0 Å². The van der Waals surface area contributed by atoms with E-state index >= 15 is 0 Å². The van der Waals surface area contributed by atoms with Gasteiger partial charge in [0.25, 0.3) is 10.0 Å². The standard InChI is InChI=1S/C23H24N6O3S/c1-15-12-21(16(2)11-20(15)32-4)33(30,31)28-19-7-5-18(6-8-19)27-22-13-23(26-17(3)25-22)29-10-9-24-14-29/h5-14,28H,1-4H3,(H,25,26,27). The molecule has 2 N–H and O–H groups in total. The van der Waals surface area contributed by atoms with E-state index in [4.69, 9.17) is 4.74 Å². The number of anilines is 3. The molecule has 0 aliphatic carbocycles. The Kier molecular flexibility index (Phi) is 6.01. The Labute approximate surface area is 192 Å². The molecule has 170 valence electrons. The van der Waals surface area contributed by atoms with Gasteiger partial charge in [0.2, 0.25) is 0 Å². The monoisotopic (exact) mass is 464 g/mol. The molecule has 2 heterocycles. The van der Waals surface area contributed by atoms with Gasteiger partial charge in [-0.25, -0.2) is 23.4 Å². The first-order valence-electron chi connectivity index (χ1n) is 10.1. The van der Waals surface area contributed by atoms with Crippen molar-refractivity contribution in [1.82, 2.24) is 19.5 Å². The molecule has 0 fully saturated rings. The van der Waals surface area contributed by atoms with Gasteiger partial charge >= 0.3 is 0 Å². The highest BCUT2D eigenvalue weighted by atomic mass is 32.2. The molecule has 9 nitrogen and oxygen atoms in total. The van der Waals surface area contributed by atoms with Gasteiger partial charge in [0.15, 0.2) is 0 Å².